The molecule has 4 aromatic rings. The lowest BCUT2D eigenvalue weighted by atomic mass is 9.12. The number of hydrogen-bond donors (Lipinski definition) is 0. The van der Waals surface area contributed by atoms with Crippen LogP contribution in [-0.4, -0.2) is 17.2 Å². The number of rotatable bonds is 4. The first-order chi connectivity index (χ1) is 23.9. The second kappa shape index (κ2) is 11.7. The molecule has 0 amide bonds. The average molecular weight is 736 g/mol. The molecule has 0 aromatic heterocycles. The summed E-state index contributed by atoms with van der Waals surface area (Å²) in [4.78, 5) is 16.4. The summed E-state index contributed by atoms with van der Waals surface area (Å²) in [6, 6.07) is 7.06. The normalized spacial score (nSPS) is 23.0. The fraction of sp³-hybridized carbons (Fsp3) is 0.342. The van der Waals surface area contributed by atoms with Gasteiger partial charge in [0.2, 0.25) is 0 Å². The highest BCUT2D eigenvalue weighted by Crippen LogP contribution is 2.82. The van der Waals surface area contributed by atoms with Crippen LogP contribution < -0.4 is 21.5 Å². The van der Waals surface area contributed by atoms with Crippen molar-refractivity contribution in [1.29, 1.82) is 0 Å². The largest absolute Gasteiger partial charge is 0.301 e. The number of aryl methyl sites for hydroxylation is 6. The van der Waals surface area contributed by atoms with E-state index in [1.165, 1.54) is 0 Å². The van der Waals surface area contributed by atoms with Gasteiger partial charge in [-0.1, -0.05) is 47.7 Å². The van der Waals surface area contributed by atoms with Crippen molar-refractivity contribution in [1.82, 2.24) is 0 Å². The Morgan fingerprint density at radius 1 is 0.510 bits per heavy atom. The zero-order valence-corrected chi connectivity index (χ0v) is 29.3. The van der Waals surface area contributed by atoms with Gasteiger partial charge in [0.15, 0.2) is 41.0 Å². The van der Waals surface area contributed by atoms with Crippen LogP contribution in [-0.2, 0) is 0 Å². The molecule has 3 aliphatic rings. The molecule has 2 bridgehead atoms. The number of carbonyl (C=O) groups is 1. The van der Waals surface area contributed by atoms with Crippen molar-refractivity contribution < 1.29 is 48.7 Å². The third-order valence-electron chi connectivity index (χ3n) is 12.1. The lowest BCUT2D eigenvalue weighted by Crippen LogP contribution is -2.70. The van der Waals surface area contributed by atoms with Gasteiger partial charge in [-0.25, -0.2) is 43.9 Å². The number of benzene rings is 4. The molecule has 1 aliphatic heterocycles. The van der Waals surface area contributed by atoms with Crippen molar-refractivity contribution in [2.75, 3.05) is 0 Å². The van der Waals surface area contributed by atoms with Crippen molar-refractivity contribution in [2.24, 2.45) is 11.8 Å². The Hall–Kier alpha value is -3.66. The quantitative estimate of drug-likeness (QED) is 0.0673. The highest BCUT2D eigenvalue weighted by Gasteiger charge is 2.79. The molecule has 1 saturated heterocycles. The zero-order chi connectivity index (χ0) is 37.4. The van der Waals surface area contributed by atoms with Crippen molar-refractivity contribution >= 4 is 40.4 Å². The van der Waals surface area contributed by atoms with E-state index in [-0.39, 0.29) is 12.8 Å². The minimum Gasteiger partial charge on any atom is -0.301 e. The number of fused-ring (bicyclic) bond motifs is 5. The molecule has 7 rings (SSSR count). The van der Waals surface area contributed by atoms with Gasteiger partial charge in [-0.15, -0.1) is 16.7 Å². The SMILES string of the molecule is Cc1cc(C)c([P+]2(c3c(C)cc(C)cc3C)C(=O)[B-](c3c(F)c(F)c(F)c(F)c3F)(c3c(F)c(F)c(F)c(F)c3F)[C@H]3[C@@H]4CC[C@@H](C4)[C@@H]32)c(C)c1. The Morgan fingerprint density at radius 2 is 0.824 bits per heavy atom. The maximum atomic E-state index is 16.5. The van der Waals surface area contributed by atoms with E-state index in [1.807, 2.05) is 0 Å². The smallest absolute Gasteiger partial charge is 0.200 e. The lowest BCUT2D eigenvalue weighted by molar-refractivity contribution is 0.273. The van der Waals surface area contributed by atoms with Gasteiger partial charge in [0.1, 0.15) is 46.6 Å². The van der Waals surface area contributed by atoms with Crippen LogP contribution in [0.15, 0.2) is 24.3 Å². The van der Waals surface area contributed by atoms with Crippen LogP contribution in [0.25, 0.3) is 0 Å². The summed E-state index contributed by atoms with van der Waals surface area (Å²) >= 11 is 0. The summed E-state index contributed by atoms with van der Waals surface area (Å²) in [5.74, 6) is -28.1. The van der Waals surface area contributed by atoms with Crippen LogP contribution in [0.5, 0.6) is 0 Å². The van der Waals surface area contributed by atoms with Gasteiger partial charge in [0.25, 0.3) is 0 Å². The molecule has 1 nitrogen and oxygen atoms in total. The molecule has 2 aliphatic carbocycles. The molecule has 51 heavy (non-hydrogen) atoms. The molecule has 4 atom stereocenters. The molecule has 0 spiro atoms. The van der Waals surface area contributed by atoms with E-state index in [0.717, 1.165) is 11.1 Å². The highest BCUT2D eigenvalue weighted by molar-refractivity contribution is 8.10. The van der Waals surface area contributed by atoms with Crippen LogP contribution in [0.4, 0.5) is 48.7 Å². The first kappa shape index (κ1) is 35.7. The molecule has 0 N–H and O–H groups in total. The summed E-state index contributed by atoms with van der Waals surface area (Å²) in [6.07, 6.45) is -3.69. The van der Waals surface area contributed by atoms with Crippen LogP contribution in [0, 0.1) is 112 Å². The molecular weight excluding hydrogens is 704 g/mol. The summed E-state index contributed by atoms with van der Waals surface area (Å²) < 4.78 is 157. The van der Waals surface area contributed by atoms with Crippen molar-refractivity contribution in [3.05, 3.63) is 116 Å². The summed E-state index contributed by atoms with van der Waals surface area (Å²) in [7, 11) is -4.05. The van der Waals surface area contributed by atoms with Crippen molar-refractivity contribution in [3.8, 4) is 0 Å². The predicted octanol–water partition coefficient (Wildman–Crippen LogP) is 9.04. The Labute approximate surface area is 288 Å². The second-order valence-corrected chi connectivity index (χ2v) is 18.2. The van der Waals surface area contributed by atoms with Gasteiger partial charge in [0.05, 0.1) is 5.66 Å². The van der Waals surface area contributed by atoms with Gasteiger partial charge in [-0.2, -0.15) is 0 Å². The summed E-state index contributed by atoms with van der Waals surface area (Å²) in [5.41, 5.74) is -2.21. The van der Waals surface area contributed by atoms with Crippen LogP contribution in [0.1, 0.15) is 52.6 Å². The van der Waals surface area contributed by atoms with Gasteiger partial charge < -0.3 is 4.79 Å². The van der Waals surface area contributed by atoms with Crippen LogP contribution >= 0.6 is 7.26 Å². The standard InChI is InChI=1S/C38H32BF10OP/c1-14-9-16(3)35(17(4)10-14)51(36-18(5)11-15(2)12-19(36)6)37-21-8-7-20(13-21)22(37)39(38(51)50,23-25(40)29(44)33(48)30(45)26(23)41)24-27(42)31(46)34(49)32(47)28(24)43/h9-12,20-22,37H,7-8,13H2,1-6H3/t20-,21+,22+,37+/m1/s1. The van der Waals surface area contributed by atoms with Crippen molar-refractivity contribution in [2.45, 2.75) is 72.3 Å². The van der Waals surface area contributed by atoms with Crippen LogP contribution in [0.2, 0.25) is 5.82 Å². The topological polar surface area (TPSA) is 17.1 Å². The Kier molecular flexibility index (Phi) is 8.18. The molecule has 2 saturated carbocycles. The number of hydrogen-bond acceptors (Lipinski definition) is 1. The fourth-order valence-electron chi connectivity index (χ4n) is 11.1. The molecule has 3 fully saturated rings. The van der Waals surface area contributed by atoms with Gasteiger partial charge in [-0.3, -0.25) is 0 Å². The number of halogens is 10. The lowest BCUT2D eigenvalue weighted by Gasteiger charge is -2.42. The van der Waals surface area contributed by atoms with Crippen LogP contribution in [0.3, 0.4) is 0 Å². The Balaban J connectivity index is 1.82. The molecule has 0 radical (unpaired) electrons. The third-order valence-corrected chi connectivity index (χ3v) is 17.7. The molecule has 268 valence electrons. The third kappa shape index (κ3) is 4.31. The molecule has 13 heteroatoms. The average Bonchev–Trinajstić information content (AvgIpc) is 3.73. The Morgan fingerprint density at radius 3 is 1.18 bits per heavy atom. The van der Waals surface area contributed by atoms with E-state index >= 15 is 39.9 Å². The first-order valence-electron chi connectivity index (χ1n) is 16.7. The molecule has 4 aromatic carbocycles. The van der Waals surface area contributed by atoms with E-state index in [9.17, 15) is 8.78 Å². The zero-order valence-electron chi connectivity index (χ0n) is 28.5. The highest BCUT2D eigenvalue weighted by atomic mass is 31.2. The van der Waals surface area contributed by atoms with Gasteiger partial charge >= 0.3 is 0 Å². The maximum absolute atomic E-state index is 16.5. The van der Waals surface area contributed by atoms with Gasteiger partial charge in [-0.05, 0) is 82.6 Å². The summed E-state index contributed by atoms with van der Waals surface area (Å²) in [6.45, 7) is 10.4. The second-order valence-electron chi connectivity index (χ2n) is 14.9. The first-order valence-corrected chi connectivity index (χ1v) is 18.5. The van der Waals surface area contributed by atoms with E-state index in [2.05, 4.69) is 0 Å². The minimum absolute atomic E-state index is 0.241. The monoisotopic (exact) mass is 736 g/mol. The fourth-order valence-corrected chi connectivity index (χ4v) is 18.2. The van der Waals surface area contributed by atoms with E-state index in [0.29, 0.717) is 39.3 Å². The van der Waals surface area contributed by atoms with E-state index in [1.54, 1.807) is 65.8 Å². The maximum Gasteiger partial charge on any atom is 0.200 e. The summed E-state index contributed by atoms with van der Waals surface area (Å²) in [5, 5.41) is 0.819. The molecule has 1 heterocycles. The number of carbonyl (C=O) groups excluding carboxylic acids is 1. The minimum atomic E-state index is -4.65. The predicted molar refractivity (Wildman–Crippen MR) is 179 cm³/mol. The van der Waals surface area contributed by atoms with Crippen molar-refractivity contribution in [3.63, 3.8) is 0 Å². The molecular formula is C38H32BF10OP. The van der Waals surface area contributed by atoms with E-state index in [4.69, 9.17) is 0 Å². The van der Waals surface area contributed by atoms with E-state index < -0.39 is 111 Å². The molecule has 0 unspecified atom stereocenters. The Bertz CT molecular complexity index is 2000. The van der Waals surface area contributed by atoms with Gasteiger partial charge in [0, 0.05) is 0 Å².